The Kier molecular flexibility index (Phi) is 5.28. The first-order valence-corrected chi connectivity index (χ1v) is 7.71. The molecular formula is C12H14BrNO4S. The molecule has 1 aromatic carbocycles. The second kappa shape index (κ2) is 6.31. The standard InChI is InChI=1S/C12H14BrNO4S/c1-3-4-8(2)14-19(17,18)11-6-5-9(12(15)16)7-10(11)13/h3,5-8,14H,1,4H2,2H3,(H,15,16). The molecule has 0 aromatic heterocycles. The van der Waals surface area contributed by atoms with Crippen LogP contribution >= 0.6 is 15.9 Å². The van der Waals surface area contributed by atoms with Crippen LogP contribution in [0, 0.1) is 0 Å². The summed E-state index contributed by atoms with van der Waals surface area (Å²) in [7, 11) is -3.69. The number of carbonyl (C=O) groups is 1. The number of hydrogen-bond acceptors (Lipinski definition) is 3. The Morgan fingerprint density at radius 3 is 2.68 bits per heavy atom. The van der Waals surface area contributed by atoms with Gasteiger partial charge in [-0.2, -0.15) is 0 Å². The van der Waals surface area contributed by atoms with Crippen molar-refractivity contribution in [2.45, 2.75) is 24.3 Å². The minimum atomic E-state index is -3.69. The first kappa shape index (κ1) is 15.9. The van der Waals surface area contributed by atoms with Crippen molar-refractivity contribution in [3.63, 3.8) is 0 Å². The fraction of sp³-hybridized carbons (Fsp3) is 0.250. The van der Waals surface area contributed by atoms with Crippen LogP contribution < -0.4 is 4.72 Å². The van der Waals surface area contributed by atoms with Crippen LogP contribution in [0.2, 0.25) is 0 Å². The maximum absolute atomic E-state index is 12.1. The molecule has 1 rings (SSSR count). The van der Waals surface area contributed by atoms with E-state index in [1.807, 2.05) is 0 Å². The van der Waals surface area contributed by atoms with Gasteiger partial charge in [0.15, 0.2) is 0 Å². The second-order valence-corrected chi connectivity index (χ2v) is 6.53. The van der Waals surface area contributed by atoms with Crippen molar-refractivity contribution < 1.29 is 18.3 Å². The summed E-state index contributed by atoms with van der Waals surface area (Å²) in [6.07, 6.45) is 2.12. The maximum Gasteiger partial charge on any atom is 0.335 e. The summed E-state index contributed by atoms with van der Waals surface area (Å²) in [5.74, 6) is -1.11. The fourth-order valence-corrected chi connectivity index (χ4v) is 3.81. The van der Waals surface area contributed by atoms with Gasteiger partial charge in [-0.25, -0.2) is 17.9 Å². The minimum Gasteiger partial charge on any atom is -0.478 e. The third kappa shape index (κ3) is 4.15. The third-order valence-corrected chi connectivity index (χ3v) is 4.91. The van der Waals surface area contributed by atoms with Crippen LogP contribution in [0.25, 0.3) is 0 Å². The van der Waals surface area contributed by atoms with E-state index in [1.165, 1.54) is 18.2 Å². The first-order valence-electron chi connectivity index (χ1n) is 5.44. The zero-order chi connectivity index (χ0) is 14.6. The monoisotopic (exact) mass is 347 g/mol. The van der Waals surface area contributed by atoms with Crippen LogP contribution in [0.5, 0.6) is 0 Å². The quantitative estimate of drug-likeness (QED) is 0.774. The molecule has 5 nitrogen and oxygen atoms in total. The van der Waals surface area contributed by atoms with Gasteiger partial charge in [-0.1, -0.05) is 6.08 Å². The molecule has 0 fully saturated rings. The van der Waals surface area contributed by atoms with Crippen LogP contribution in [0.15, 0.2) is 40.2 Å². The Bertz CT molecular complexity index is 598. The van der Waals surface area contributed by atoms with Gasteiger partial charge in [-0.05, 0) is 47.5 Å². The Balaban J connectivity index is 3.08. The average Bonchev–Trinajstić information content (AvgIpc) is 2.27. The summed E-state index contributed by atoms with van der Waals surface area (Å²) in [5.41, 5.74) is 0.0185. The van der Waals surface area contributed by atoms with Crippen LogP contribution in [-0.2, 0) is 10.0 Å². The number of hydrogen-bond donors (Lipinski definition) is 2. The van der Waals surface area contributed by atoms with Crippen molar-refractivity contribution in [1.29, 1.82) is 0 Å². The van der Waals surface area contributed by atoms with Gasteiger partial charge in [0.2, 0.25) is 10.0 Å². The van der Waals surface area contributed by atoms with Crippen LogP contribution in [0.1, 0.15) is 23.7 Å². The van der Waals surface area contributed by atoms with E-state index in [0.717, 1.165) is 0 Å². The Hall–Kier alpha value is -1.18. The molecule has 0 aliphatic heterocycles. The number of nitrogens with one attached hydrogen (secondary N) is 1. The molecule has 7 heteroatoms. The molecule has 1 unspecified atom stereocenters. The molecular weight excluding hydrogens is 334 g/mol. The van der Waals surface area contributed by atoms with Crippen molar-refractivity contribution in [3.8, 4) is 0 Å². The van der Waals surface area contributed by atoms with E-state index in [0.29, 0.717) is 6.42 Å². The molecule has 0 heterocycles. The van der Waals surface area contributed by atoms with Gasteiger partial charge >= 0.3 is 5.97 Å². The summed E-state index contributed by atoms with van der Waals surface area (Å²) in [5, 5.41) is 8.82. The smallest absolute Gasteiger partial charge is 0.335 e. The summed E-state index contributed by atoms with van der Waals surface area (Å²) in [4.78, 5) is 10.8. The van der Waals surface area contributed by atoms with Crippen molar-refractivity contribution in [2.75, 3.05) is 0 Å². The highest BCUT2D eigenvalue weighted by Crippen LogP contribution is 2.23. The lowest BCUT2D eigenvalue weighted by molar-refractivity contribution is 0.0696. The number of carboxylic acid groups (broad SMARTS) is 1. The van der Waals surface area contributed by atoms with Gasteiger partial charge in [0.05, 0.1) is 10.5 Å². The molecule has 104 valence electrons. The molecule has 19 heavy (non-hydrogen) atoms. The summed E-state index contributed by atoms with van der Waals surface area (Å²) in [6.45, 7) is 5.26. The van der Waals surface area contributed by atoms with Gasteiger partial charge in [0.1, 0.15) is 0 Å². The summed E-state index contributed by atoms with van der Waals surface area (Å²) in [6, 6.07) is 3.49. The summed E-state index contributed by atoms with van der Waals surface area (Å²) >= 11 is 3.08. The first-order chi connectivity index (χ1) is 8.77. The lowest BCUT2D eigenvalue weighted by Crippen LogP contribution is -2.32. The Morgan fingerprint density at radius 1 is 1.58 bits per heavy atom. The van der Waals surface area contributed by atoms with Gasteiger partial charge < -0.3 is 5.11 Å². The SMILES string of the molecule is C=CCC(C)NS(=O)(=O)c1ccc(C(=O)O)cc1Br. The fourth-order valence-electron chi connectivity index (χ4n) is 1.48. The number of sulfonamides is 1. The second-order valence-electron chi connectivity index (χ2n) is 4.00. The zero-order valence-corrected chi connectivity index (χ0v) is 12.7. The van der Waals surface area contributed by atoms with Crippen molar-refractivity contribution >= 4 is 31.9 Å². The topological polar surface area (TPSA) is 83.5 Å². The van der Waals surface area contributed by atoms with Crippen molar-refractivity contribution in [3.05, 3.63) is 40.9 Å². The third-order valence-electron chi connectivity index (χ3n) is 2.34. The number of carboxylic acids is 1. The lowest BCUT2D eigenvalue weighted by Gasteiger charge is -2.13. The van der Waals surface area contributed by atoms with E-state index in [9.17, 15) is 13.2 Å². The van der Waals surface area contributed by atoms with Crippen LogP contribution in [0.3, 0.4) is 0 Å². The molecule has 0 aliphatic carbocycles. The Labute approximate surface area is 120 Å². The molecule has 0 radical (unpaired) electrons. The van der Waals surface area contributed by atoms with Gasteiger partial charge in [0.25, 0.3) is 0 Å². The van der Waals surface area contributed by atoms with E-state index >= 15 is 0 Å². The Morgan fingerprint density at radius 2 is 2.21 bits per heavy atom. The van der Waals surface area contributed by atoms with E-state index in [2.05, 4.69) is 27.2 Å². The molecule has 0 bridgehead atoms. The minimum absolute atomic E-state index is 0.00779. The van der Waals surface area contributed by atoms with E-state index in [-0.39, 0.29) is 21.0 Å². The molecule has 0 saturated carbocycles. The maximum atomic E-state index is 12.1. The van der Waals surface area contributed by atoms with Gasteiger partial charge in [-0.3, -0.25) is 0 Å². The van der Waals surface area contributed by atoms with E-state index in [1.54, 1.807) is 13.0 Å². The largest absolute Gasteiger partial charge is 0.478 e. The molecule has 0 spiro atoms. The van der Waals surface area contributed by atoms with E-state index < -0.39 is 16.0 Å². The molecule has 1 aromatic rings. The predicted molar refractivity (Wildman–Crippen MR) is 75.7 cm³/mol. The molecule has 0 saturated heterocycles. The lowest BCUT2D eigenvalue weighted by atomic mass is 10.2. The predicted octanol–water partition coefficient (Wildman–Crippen LogP) is 2.39. The number of benzene rings is 1. The number of rotatable bonds is 6. The van der Waals surface area contributed by atoms with Crippen LogP contribution in [-0.4, -0.2) is 25.5 Å². The number of halogens is 1. The zero-order valence-electron chi connectivity index (χ0n) is 10.3. The van der Waals surface area contributed by atoms with Crippen molar-refractivity contribution in [2.24, 2.45) is 0 Å². The molecule has 0 amide bonds. The summed E-state index contributed by atoms with van der Waals surface area (Å²) < 4.78 is 26.9. The highest BCUT2D eigenvalue weighted by atomic mass is 79.9. The molecule has 0 aliphatic rings. The van der Waals surface area contributed by atoms with E-state index in [4.69, 9.17) is 5.11 Å². The highest BCUT2D eigenvalue weighted by molar-refractivity contribution is 9.10. The average molecular weight is 348 g/mol. The normalized spacial score (nSPS) is 12.9. The van der Waals surface area contributed by atoms with Crippen molar-refractivity contribution in [1.82, 2.24) is 4.72 Å². The van der Waals surface area contributed by atoms with Gasteiger partial charge in [0, 0.05) is 10.5 Å². The molecule has 1 atom stereocenters. The van der Waals surface area contributed by atoms with Gasteiger partial charge in [-0.15, -0.1) is 6.58 Å². The number of aromatic carboxylic acids is 1. The molecule has 2 N–H and O–H groups in total. The highest BCUT2D eigenvalue weighted by Gasteiger charge is 2.20. The van der Waals surface area contributed by atoms with Crippen LogP contribution in [0.4, 0.5) is 0 Å².